The average molecular weight is 197 g/mol. The molecular formula is C9H15N3O2. The number of hydrogen-bond donors (Lipinski definition) is 2. The number of hydrazine groups is 1. The molecule has 1 heterocycles. The maximum Gasteiger partial charge on any atom is 0.260 e. The number of H-pyrrole nitrogens is 1. The highest BCUT2D eigenvalue weighted by atomic mass is 16.5. The van der Waals surface area contributed by atoms with Gasteiger partial charge in [0.25, 0.3) is 5.91 Å². The summed E-state index contributed by atoms with van der Waals surface area (Å²) in [5.74, 6) is -0.151. The summed E-state index contributed by atoms with van der Waals surface area (Å²) >= 11 is 0. The SMILES string of the molecule is CN(C)NC(=O)COCc1ccc[nH]1. The van der Waals surface area contributed by atoms with Crippen molar-refractivity contribution < 1.29 is 9.53 Å². The van der Waals surface area contributed by atoms with E-state index in [9.17, 15) is 4.79 Å². The van der Waals surface area contributed by atoms with E-state index in [1.165, 1.54) is 0 Å². The fourth-order valence-electron chi connectivity index (χ4n) is 0.993. The maximum absolute atomic E-state index is 11.1. The van der Waals surface area contributed by atoms with Crippen LogP contribution in [0.3, 0.4) is 0 Å². The lowest BCUT2D eigenvalue weighted by atomic mass is 10.5. The molecule has 2 N–H and O–H groups in total. The van der Waals surface area contributed by atoms with E-state index in [1.54, 1.807) is 19.1 Å². The van der Waals surface area contributed by atoms with Crippen LogP contribution in [0.15, 0.2) is 18.3 Å². The highest BCUT2D eigenvalue weighted by Gasteiger charge is 2.01. The summed E-state index contributed by atoms with van der Waals surface area (Å²) in [6.07, 6.45) is 1.82. The monoisotopic (exact) mass is 197 g/mol. The fourth-order valence-corrected chi connectivity index (χ4v) is 0.993. The molecule has 0 unspecified atom stereocenters. The van der Waals surface area contributed by atoms with Crippen molar-refractivity contribution in [3.63, 3.8) is 0 Å². The third-order valence-corrected chi connectivity index (χ3v) is 1.50. The lowest BCUT2D eigenvalue weighted by molar-refractivity contribution is -0.129. The predicted octanol–water partition coefficient (Wildman–Crippen LogP) is 0.124. The second-order valence-electron chi connectivity index (χ2n) is 3.12. The number of ether oxygens (including phenoxy) is 1. The van der Waals surface area contributed by atoms with Crippen LogP contribution in [0.4, 0.5) is 0 Å². The Kier molecular flexibility index (Phi) is 4.15. The molecule has 0 aliphatic heterocycles. The molecule has 5 heteroatoms. The zero-order valence-corrected chi connectivity index (χ0v) is 8.41. The van der Waals surface area contributed by atoms with Gasteiger partial charge in [-0.05, 0) is 12.1 Å². The first-order valence-corrected chi connectivity index (χ1v) is 4.35. The predicted molar refractivity (Wildman–Crippen MR) is 52.3 cm³/mol. The van der Waals surface area contributed by atoms with Gasteiger partial charge in [0, 0.05) is 26.0 Å². The molecule has 5 nitrogen and oxygen atoms in total. The van der Waals surface area contributed by atoms with Gasteiger partial charge >= 0.3 is 0 Å². The van der Waals surface area contributed by atoms with Crippen LogP contribution in [-0.4, -0.2) is 36.6 Å². The number of aromatic nitrogens is 1. The molecule has 0 saturated carbocycles. The highest BCUT2D eigenvalue weighted by molar-refractivity contribution is 5.76. The average Bonchev–Trinajstić information content (AvgIpc) is 2.55. The van der Waals surface area contributed by atoms with Gasteiger partial charge in [-0.2, -0.15) is 0 Å². The molecule has 0 aliphatic carbocycles. The largest absolute Gasteiger partial charge is 0.365 e. The zero-order valence-electron chi connectivity index (χ0n) is 8.41. The van der Waals surface area contributed by atoms with Gasteiger partial charge < -0.3 is 9.72 Å². The van der Waals surface area contributed by atoms with Crippen LogP contribution in [0.5, 0.6) is 0 Å². The van der Waals surface area contributed by atoms with Crippen LogP contribution < -0.4 is 5.43 Å². The van der Waals surface area contributed by atoms with E-state index in [4.69, 9.17) is 4.74 Å². The van der Waals surface area contributed by atoms with Crippen molar-refractivity contribution in [1.29, 1.82) is 0 Å². The third-order valence-electron chi connectivity index (χ3n) is 1.50. The molecule has 14 heavy (non-hydrogen) atoms. The molecule has 0 aromatic carbocycles. The Bertz CT molecular complexity index is 270. The number of carbonyl (C=O) groups is 1. The van der Waals surface area contributed by atoms with Gasteiger partial charge in [0.1, 0.15) is 6.61 Å². The Labute approximate surface area is 83.0 Å². The van der Waals surface area contributed by atoms with Crippen molar-refractivity contribution in [3.8, 4) is 0 Å². The molecule has 0 saturated heterocycles. The van der Waals surface area contributed by atoms with Crippen molar-refractivity contribution in [2.75, 3.05) is 20.7 Å². The van der Waals surface area contributed by atoms with Crippen molar-refractivity contribution in [2.24, 2.45) is 0 Å². The van der Waals surface area contributed by atoms with Crippen LogP contribution in [0.25, 0.3) is 0 Å². The molecule has 1 aromatic rings. The first-order chi connectivity index (χ1) is 6.68. The smallest absolute Gasteiger partial charge is 0.260 e. The normalized spacial score (nSPS) is 10.5. The number of hydrogen-bond acceptors (Lipinski definition) is 3. The van der Waals surface area contributed by atoms with Crippen molar-refractivity contribution in [1.82, 2.24) is 15.4 Å². The Morgan fingerprint density at radius 1 is 1.64 bits per heavy atom. The highest BCUT2D eigenvalue weighted by Crippen LogP contribution is 1.96. The summed E-state index contributed by atoms with van der Waals surface area (Å²) < 4.78 is 5.17. The van der Waals surface area contributed by atoms with E-state index in [-0.39, 0.29) is 12.5 Å². The third kappa shape index (κ3) is 4.06. The van der Waals surface area contributed by atoms with E-state index in [0.717, 1.165) is 5.69 Å². The molecule has 1 rings (SSSR count). The molecule has 0 fully saturated rings. The van der Waals surface area contributed by atoms with Crippen molar-refractivity contribution >= 4 is 5.91 Å². The minimum atomic E-state index is -0.151. The number of aromatic amines is 1. The first-order valence-electron chi connectivity index (χ1n) is 4.35. The van der Waals surface area contributed by atoms with Gasteiger partial charge in [-0.3, -0.25) is 10.2 Å². The first kappa shape index (κ1) is 10.7. The van der Waals surface area contributed by atoms with Gasteiger partial charge in [0.2, 0.25) is 0 Å². The molecule has 0 bridgehead atoms. The van der Waals surface area contributed by atoms with Gasteiger partial charge in [0.15, 0.2) is 0 Å². The van der Waals surface area contributed by atoms with Crippen LogP contribution in [0.1, 0.15) is 5.69 Å². The lowest BCUT2D eigenvalue weighted by Crippen LogP contribution is -2.38. The molecule has 0 spiro atoms. The van der Waals surface area contributed by atoms with Gasteiger partial charge in [-0.1, -0.05) is 0 Å². The van der Waals surface area contributed by atoms with E-state index in [0.29, 0.717) is 6.61 Å². The van der Waals surface area contributed by atoms with Gasteiger partial charge in [-0.15, -0.1) is 0 Å². The summed E-state index contributed by atoms with van der Waals surface area (Å²) in [6.45, 7) is 0.491. The molecule has 1 amide bonds. The number of nitrogens with one attached hydrogen (secondary N) is 2. The van der Waals surface area contributed by atoms with E-state index >= 15 is 0 Å². The Balaban J connectivity index is 2.12. The lowest BCUT2D eigenvalue weighted by Gasteiger charge is -2.11. The van der Waals surface area contributed by atoms with Gasteiger partial charge in [0.05, 0.1) is 6.61 Å². The Morgan fingerprint density at radius 3 is 3.00 bits per heavy atom. The van der Waals surface area contributed by atoms with E-state index in [1.807, 2.05) is 18.3 Å². The van der Waals surface area contributed by atoms with Crippen molar-refractivity contribution in [2.45, 2.75) is 6.61 Å². The molecule has 0 radical (unpaired) electrons. The topological polar surface area (TPSA) is 57.4 Å². The Morgan fingerprint density at radius 2 is 2.43 bits per heavy atom. The molecule has 78 valence electrons. The molecule has 1 aromatic heterocycles. The van der Waals surface area contributed by atoms with Crippen molar-refractivity contribution in [3.05, 3.63) is 24.0 Å². The fraction of sp³-hybridized carbons (Fsp3) is 0.444. The summed E-state index contributed by atoms with van der Waals surface area (Å²) in [6, 6.07) is 3.79. The molecular weight excluding hydrogens is 182 g/mol. The van der Waals surface area contributed by atoms with Crippen LogP contribution >= 0.6 is 0 Å². The minimum Gasteiger partial charge on any atom is -0.365 e. The minimum absolute atomic E-state index is 0.0667. The Hall–Kier alpha value is -1.33. The number of carbonyl (C=O) groups excluding carboxylic acids is 1. The second-order valence-corrected chi connectivity index (χ2v) is 3.12. The van der Waals surface area contributed by atoms with E-state index in [2.05, 4.69) is 10.4 Å². The standard InChI is InChI=1S/C9H15N3O2/c1-12(2)11-9(13)7-14-6-8-4-3-5-10-8/h3-5,10H,6-7H2,1-2H3,(H,11,13). The molecule has 0 aliphatic rings. The number of nitrogens with zero attached hydrogens (tertiary/aromatic N) is 1. The number of amides is 1. The summed E-state index contributed by atoms with van der Waals surface area (Å²) in [5, 5.41) is 1.58. The quantitative estimate of drug-likeness (QED) is 0.659. The summed E-state index contributed by atoms with van der Waals surface area (Å²) in [4.78, 5) is 14.1. The molecule has 0 atom stereocenters. The van der Waals surface area contributed by atoms with E-state index < -0.39 is 0 Å². The number of rotatable bonds is 5. The summed E-state index contributed by atoms with van der Waals surface area (Å²) in [5.41, 5.74) is 3.54. The van der Waals surface area contributed by atoms with Crippen LogP contribution in [0.2, 0.25) is 0 Å². The van der Waals surface area contributed by atoms with Crippen LogP contribution in [-0.2, 0) is 16.1 Å². The maximum atomic E-state index is 11.1. The zero-order chi connectivity index (χ0) is 10.4. The second kappa shape index (κ2) is 5.41. The van der Waals surface area contributed by atoms with Gasteiger partial charge in [-0.25, -0.2) is 5.01 Å². The summed E-state index contributed by atoms with van der Waals surface area (Å²) in [7, 11) is 3.51. The van der Waals surface area contributed by atoms with Crippen LogP contribution in [0, 0.1) is 0 Å².